The van der Waals surface area contributed by atoms with E-state index in [4.69, 9.17) is 14.2 Å². The van der Waals surface area contributed by atoms with Gasteiger partial charge in [-0.05, 0) is 29.6 Å². The van der Waals surface area contributed by atoms with E-state index in [0.717, 1.165) is 12.8 Å². The zero-order chi connectivity index (χ0) is 13.3. The van der Waals surface area contributed by atoms with E-state index in [9.17, 15) is 4.79 Å². The number of rotatable bonds is 0. The van der Waals surface area contributed by atoms with Crippen LogP contribution in [0.1, 0.15) is 39.5 Å². The van der Waals surface area contributed by atoms with Gasteiger partial charge in [-0.15, -0.1) is 0 Å². The maximum Gasteiger partial charge on any atom is 0.306 e. The van der Waals surface area contributed by atoms with Gasteiger partial charge in [-0.25, -0.2) is 0 Å². The summed E-state index contributed by atoms with van der Waals surface area (Å²) in [6.07, 6.45) is 3.77. The Morgan fingerprint density at radius 1 is 1.16 bits per heavy atom. The lowest BCUT2D eigenvalue weighted by atomic mass is 9.68. The summed E-state index contributed by atoms with van der Waals surface area (Å²) >= 11 is 0. The number of fused-ring (bicyclic) bond motifs is 1. The maximum atomic E-state index is 11.9. The van der Waals surface area contributed by atoms with Crippen LogP contribution in [-0.4, -0.2) is 31.6 Å². The Bertz CT molecular complexity index is 424. The predicted octanol–water partition coefficient (Wildman–Crippen LogP) is 2.12. The Hall–Kier alpha value is -0.610. The smallest absolute Gasteiger partial charge is 0.306 e. The summed E-state index contributed by atoms with van der Waals surface area (Å²) in [4.78, 5) is 11.9. The highest BCUT2D eigenvalue weighted by Crippen LogP contribution is 2.69. The summed E-state index contributed by atoms with van der Waals surface area (Å²) in [6.45, 7) is 6.47. The summed E-state index contributed by atoms with van der Waals surface area (Å²) in [5.74, 6) is 0.279. The molecule has 0 aromatic rings. The molecule has 0 aromatic carbocycles. The van der Waals surface area contributed by atoms with E-state index in [-0.39, 0.29) is 17.3 Å². The van der Waals surface area contributed by atoms with Gasteiger partial charge in [0.2, 0.25) is 0 Å². The molecule has 106 valence electrons. The fourth-order valence-electron chi connectivity index (χ4n) is 5.49. The number of hydrogen-bond acceptors (Lipinski definition) is 4. The molecular formula is C15H22O4. The predicted molar refractivity (Wildman–Crippen MR) is 67.3 cm³/mol. The first-order valence-electron chi connectivity index (χ1n) is 7.39. The Balaban J connectivity index is 1.76. The van der Waals surface area contributed by atoms with E-state index in [1.807, 2.05) is 0 Å². The van der Waals surface area contributed by atoms with Gasteiger partial charge in [0.25, 0.3) is 0 Å². The molecule has 1 unspecified atom stereocenters. The molecule has 0 N–H and O–H groups in total. The highest BCUT2D eigenvalue weighted by atomic mass is 16.7. The average Bonchev–Trinajstić information content (AvgIpc) is 2.90. The van der Waals surface area contributed by atoms with Gasteiger partial charge in [0.15, 0.2) is 5.79 Å². The fourth-order valence-corrected chi connectivity index (χ4v) is 5.49. The quantitative estimate of drug-likeness (QED) is 0.630. The van der Waals surface area contributed by atoms with E-state index in [2.05, 4.69) is 13.8 Å². The van der Waals surface area contributed by atoms with Gasteiger partial charge in [-0.3, -0.25) is 4.79 Å². The third kappa shape index (κ3) is 1.50. The summed E-state index contributed by atoms with van der Waals surface area (Å²) in [5, 5.41) is 0. The van der Waals surface area contributed by atoms with Crippen LogP contribution in [0, 0.1) is 22.7 Å². The van der Waals surface area contributed by atoms with Crippen molar-refractivity contribution in [2.24, 2.45) is 22.7 Å². The molecule has 2 saturated heterocycles. The van der Waals surface area contributed by atoms with Crippen LogP contribution in [0.15, 0.2) is 0 Å². The second-order valence-electron chi connectivity index (χ2n) is 7.60. The molecule has 4 rings (SSSR count). The van der Waals surface area contributed by atoms with Crippen molar-refractivity contribution in [3.63, 3.8) is 0 Å². The molecule has 4 nitrogen and oxygen atoms in total. The zero-order valence-electron chi connectivity index (χ0n) is 11.7. The molecule has 3 atom stereocenters. The van der Waals surface area contributed by atoms with Gasteiger partial charge in [-0.1, -0.05) is 13.8 Å². The second kappa shape index (κ2) is 3.53. The average molecular weight is 266 g/mol. The van der Waals surface area contributed by atoms with E-state index in [1.54, 1.807) is 0 Å². The summed E-state index contributed by atoms with van der Waals surface area (Å²) in [6, 6.07) is 0. The van der Waals surface area contributed by atoms with Crippen molar-refractivity contribution in [3.8, 4) is 0 Å². The number of cyclic esters (lactones) is 1. The molecule has 2 aliphatic heterocycles. The normalized spacial score (nSPS) is 46.1. The molecule has 19 heavy (non-hydrogen) atoms. The van der Waals surface area contributed by atoms with Crippen molar-refractivity contribution in [1.29, 1.82) is 0 Å². The SMILES string of the molecule is CC1(C)CC2CC3(OCCO3)[C@@H]3COC(=O)C[C@]23C1. The standard InChI is InChI=1S/C15H22O4/c1-13(2)5-10-6-15(18-3-4-19-15)11-8-17-12(16)7-14(10,11)9-13/h10-11H,3-9H2,1-2H3/t10?,11-,14+/m1/s1. The molecule has 4 heteroatoms. The van der Waals surface area contributed by atoms with Crippen molar-refractivity contribution in [1.82, 2.24) is 0 Å². The first kappa shape index (κ1) is 12.2. The molecular weight excluding hydrogens is 244 g/mol. The third-order valence-electron chi connectivity index (χ3n) is 5.84. The molecule has 0 amide bonds. The molecule has 2 aliphatic carbocycles. The van der Waals surface area contributed by atoms with Crippen LogP contribution in [-0.2, 0) is 19.0 Å². The van der Waals surface area contributed by atoms with Crippen molar-refractivity contribution < 1.29 is 19.0 Å². The van der Waals surface area contributed by atoms with Crippen molar-refractivity contribution in [2.75, 3.05) is 19.8 Å². The van der Waals surface area contributed by atoms with E-state index < -0.39 is 5.79 Å². The van der Waals surface area contributed by atoms with Crippen LogP contribution in [0.4, 0.5) is 0 Å². The maximum absolute atomic E-state index is 11.9. The van der Waals surface area contributed by atoms with Crippen LogP contribution in [0.25, 0.3) is 0 Å². The van der Waals surface area contributed by atoms with Crippen LogP contribution >= 0.6 is 0 Å². The molecule has 0 bridgehead atoms. The fraction of sp³-hybridized carbons (Fsp3) is 0.933. The number of carbonyl (C=O) groups is 1. The second-order valence-corrected chi connectivity index (χ2v) is 7.60. The molecule has 2 saturated carbocycles. The van der Waals surface area contributed by atoms with Gasteiger partial charge in [0.1, 0.15) is 0 Å². The first-order valence-corrected chi connectivity index (χ1v) is 7.39. The Kier molecular flexibility index (Phi) is 2.26. The number of esters is 1. The van der Waals surface area contributed by atoms with Gasteiger partial charge in [-0.2, -0.15) is 0 Å². The largest absolute Gasteiger partial charge is 0.465 e. The molecule has 4 fully saturated rings. The topological polar surface area (TPSA) is 44.8 Å². The lowest BCUT2D eigenvalue weighted by Gasteiger charge is -2.43. The summed E-state index contributed by atoms with van der Waals surface area (Å²) in [5.41, 5.74) is 0.379. The van der Waals surface area contributed by atoms with E-state index in [1.165, 1.54) is 6.42 Å². The molecule has 2 spiro atoms. The third-order valence-corrected chi connectivity index (χ3v) is 5.84. The van der Waals surface area contributed by atoms with Gasteiger partial charge in [0.05, 0.1) is 32.2 Å². The molecule has 0 radical (unpaired) electrons. The number of hydrogen-bond donors (Lipinski definition) is 0. The minimum atomic E-state index is -0.456. The Morgan fingerprint density at radius 2 is 1.89 bits per heavy atom. The van der Waals surface area contributed by atoms with Crippen LogP contribution in [0.3, 0.4) is 0 Å². The first-order chi connectivity index (χ1) is 8.96. The van der Waals surface area contributed by atoms with Gasteiger partial charge < -0.3 is 14.2 Å². The van der Waals surface area contributed by atoms with E-state index in [0.29, 0.717) is 37.6 Å². The molecule has 0 aromatic heterocycles. The highest BCUT2D eigenvalue weighted by molar-refractivity contribution is 5.71. The monoisotopic (exact) mass is 266 g/mol. The minimum absolute atomic E-state index is 0.0333. The Morgan fingerprint density at radius 3 is 2.63 bits per heavy atom. The van der Waals surface area contributed by atoms with Crippen molar-refractivity contribution >= 4 is 5.97 Å². The van der Waals surface area contributed by atoms with Crippen molar-refractivity contribution in [2.45, 2.75) is 45.3 Å². The number of carbonyl (C=O) groups excluding carboxylic acids is 1. The lowest BCUT2D eigenvalue weighted by molar-refractivity contribution is -0.220. The zero-order valence-corrected chi connectivity index (χ0v) is 11.7. The Labute approximate surface area is 113 Å². The van der Waals surface area contributed by atoms with Crippen LogP contribution in [0.2, 0.25) is 0 Å². The van der Waals surface area contributed by atoms with Gasteiger partial charge in [0, 0.05) is 6.42 Å². The number of ether oxygens (including phenoxy) is 3. The minimum Gasteiger partial charge on any atom is -0.465 e. The van der Waals surface area contributed by atoms with Crippen molar-refractivity contribution in [3.05, 3.63) is 0 Å². The molecule has 2 heterocycles. The summed E-state index contributed by atoms with van der Waals surface area (Å²) < 4.78 is 17.3. The van der Waals surface area contributed by atoms with Crippen LogP contribution < -0.4 is 0 Å². The van der Waals surface area contributed by atoms with Gasteiger partial charge >= 0.3 is 5.97 Å². The van der Waals surface area contributed by atoms with Crippen LogP contribution in [0.5, 0.6) is 0 Å². The molecule has 4 aliphatic rings. The highest BCUT2D eigenvalue weighted by Gasteiger charge is 2.70. The summed E-state index contributed by atoms with van der Waals surface area (Å²) in [7, 11) is 0. The lowest BCUT2D eigenvalue weighted by Crippen LogP contribution is -2.48. The van der Waals surface area contributed by atoms with E-state index >= 15 is 0 Å².